The first-order valence-corrected chi connectivity index (χ1v) is 12.7. The molecule has 1 amide bonds. The van der Waals surface area contributed by atoms with Gasteiger partial charge in [0.1, 0.15) is 19.0 Å². The van der Waals surface area contributed by atoms with Gasteiger partial charge in [0.15, 0.2) is 22.5 Å². The number of nitrogens with zero attached hydrogens (tertiary/aromatic N) is 4. The molecule has 9 heteroatoms. The third kappa shape index (κ3) is 4.02. The molecule has 3 aliphatic rings. The van der Waals surface area contributed by atoms with Crippen LogP contribution in [0.4, 0.5) is 4.39 Å². The van der Waals surface area contributed by atoms with Crippen LogP contribution in [0.15, 0.2) is 47.6 Å². The van der Waals surface area contributed by atoms with Crippen molar-refractivity contribution in [1.82, 2.24) is 19.7 Å². The van der Waals surface area contributed by atoms with Gasteiger partial charge in [0.05, 0.1) is 17.4 Å². The quantitative estimate of drug-likeness (QED) is 0.479. The molecule has 1 atom stereocenters. The first-order valence-electron chi connectivity index (χ1n) is 11.7. The predicted octanol–water partition coefficient (Wildman–Crippen LogP) is 4.65. The third-order valence-corrected chi connectivity index (χ3v) is 7.47. The van der Waals surface area contributed by atoms with Crippen LogP contribution in [0.25, 0.3) is 11.4 Å². The number of rotatable bonds is 6. The molecule has 3 heterocycles. The van der Waals surface area contributed by atoms with Gasteiger partial charge in [-0.3, -0.25) is 9.36 Å². The largest absolute Gasteiger partial charge is 0.486 e. The van der Waals surface area contributed by atoms with E-state index in [4.69, 9.17) is 9.47 Å². The van der Waals surface area contributed by atoms with Gasteiger partial charge < -0.3 is 14.4 Å². The summed E-state index contributed by atoms with van der Waals surface area (Å²) in [5.74, 6) is 2.06. The minimum Gasteiger partial charge on any atom is -0.486 e. The van der Waals surface area contributed by atoms with Crippen LogP contribution >= 0.6 is 11.8 Å². The SMILES string of the molecule is O=C(CSc1nnc(-c2ccccc2F)n1C1CC1)N1CCCC1c1ccc2c(c1)OCCO2. The van der Waals surface area contributed by atoms with E-state index in [9.17, 15) is 9.18 Å². The Hall–Kier alpha value is -3.07. The molecule has 34 heavy (non-hydrogen) atoms. The lowest BCUT2D eigenvalue weighted by Crippen LogP contribution is -2.32. The first-order chi connectivity index (χ1) is 16.7. The maximum atomic E-state index is 14.4. The lowest BCUT2D eigenvalue weighted by Gasteiger charge is -2.26. The molecular formula is C25H25FN4O3S. The Morgan fingerprint density at radius 1 is 1.06 bits per heavy atom. The average molecular weight is 481 g/mol. The van der Waals surface area contributed by atoms with Crippen LogP contribution in [0.3, 0.4) is 0 Å². The van der Waals surface area contributed by atoms with Crippen molar-refractivity contribution >= 4 is 17.7 Å². The number of amides is 1. The molecule has 0 spiro atoms. The number of benzene rings is 2. The number of aromatic nitrogens is 3. The fourth-order valence-corrected chi connectivity index (χ4v) is 5.64. The number of ether oxygens (including phenoxy) is 2. The number of carbonyl (C=O) groups is 1. The molecule has 176 valence electrons. The summed E-state index contributed by atoms with van der Waals surface area (Å²) >= 11 is 1.38. The highest BCUT2D eigenvalue weighted by atomic mass is 32.2. The molecule has 1 aromatic heterocycles. The Morgan fingerprint density at radius 2 is 1.88 bits per heavy atom. The van der Waals surface area contributed by atoms with E-state index in [1.165, 1.54) is 17.8 Å². The van der Waals surface area contributed by atoms with Crippen LogP contribution in [0, 0.1) is 5.82 Å². The normalized spacial score (nSPS) is 19.4. The van der Waals surface area contributed by atoms with Crippen molar-refractivity contribution in [3.05, 3.63) is 53.8 Å². The van der Waals surface area contributed by atoms with Gasteiger partial charge in [-0.1, -0.05) is 30.0 Å². The predicted molar refractivity (Wildman–Crippen MR) is 126 cm³/mol. The smallest absolute Gasteiger partial charge is 0.233 e. The summed E-state index contributed by atoms with van der Waals surface area (Å²) in [5, 5.41) is 9.29. The van der Waals surface area contributed by atoms with Gasteiger partial charge in [-0.25, -0.2) is 4.39 Å². The summed E-state index contributed by atoms with van der Waals surface area (Å²) in [7, 11) is 0. The van der Waals surface area contributed by atoms with Crippen molar-refractivity contribution in [2.75, 3.05) is 25.5 Å². The van der Waals surface area contributed by atoms with E-state index >= 15 is 0 Å². The Morgan fingerprint density at radius 3 is 2.71 bits per heavy atom. The van der Waals surface area contributed by atoms with Crippen molar-refractivity contribution in [1.29, 1.82) is 0 Å². The van der Waals surface area contributed by atoms with E-state index in [-0.39, 0.29) is 29.6 Å². The molecule has 1 saturated carbocycles. The highest BCUT2D eigenvalue weighted by Crippen LogP contribution is 2.42. The lowest BCUT2D eigenvalue weighted by molar-refractivity contribution is -0.129. The van der Waals surface area contributed by atoms with Crippen molar-refractivity contribution in [2.24, 2.45) is 0 Å². The highest BCUT2D eigenvalue weighted by Gasteiger charge is 2.33. The fraction of sp³-hybridized carbons (Fsp3) is 0.400. The zero-order valence-electron chi connectivity index (χ0n) is 18.7. The zero-order chi connectivity index (χ0) is 23.1. The van der Waals surface area contributed by atoms with Gasteiger partial charge in [0.2, 0.25) is 5.91 Å². The van der Waals surface area contributed by atoms with Crippen molar-refractivity contribution in [3.63, 3.8) is 0 Å². The fourth-order valence-electron chi connectivity index (χ4n) is 4.75. The van der Waals surface area contributed by atoms with Gasteiger partial charge in [-0.05, 0) is 55.5 Å². The standard InChI is InChI=1S/C25H25FN4O3S/c26-19-5-2-1-4-18(19)24-27-28-25(30(24)17-8-9-17)34-15-23(31)29-11-3-6-20(29)16-7-10-21-22(14-16)33-13-12-32-21/h1-2,4-5,7,10,14,17,20H,3,6,8-9,11-13,15H2. The summed E-state index contributed by atoms with van der Waals surface area (Å²) in [6.45, 7) is 1.83. The number of thioether (sulfide) groups is 1. The van der Waals surface area contributed by atoms with Crippen LogP contribution in [-0.4, -0.2) is 51.1 Å². The molecule has 6 rings (SSSR count). The number of carbonyl (C=O) groups excluding carboxylic acids is 1. The highest BCUT2D eigenvalue weighted by molar-refractivity contribution is 7.99. The maximum absolute atomic E-state index is 14.4. The number of hydrogen-bond acceptors (Lipinski definition) is 6. The second-order valence-corrected chi connectivity index (χ2v) is 9.77. The Balaban J connectivity index is 1.19. The Bertz CT molecular complexity index is 1230. The molecule has 2 aromatic carbocycles. The molecule has 1 unspecified atom stereocenters. The van der Waals surface area contributed by atoms with Crippen LogP contribution in [0.1, 0.15) is 43.3 Å². The second-order valence-electron chi connectivity index (χ2n) is 8.82. The van der Waals surface area contributed by atoms with Gasteiger partial charge in [-0.2, -0.15) is 0 Å². The average Bonchev–Trinajstić information content (AvgIpc) is 3.42. The van der Waals surface area contributed by atoms with Crippen molar-refractivity contribution < 1.29 is 18.7 Å². The van der Waals surface area contributed by atoms with Crippen molar-refractivity contribution in [3.8, 4) is 22.9 Å². The minimum atomic E-state index is -0.316. The van der Waals surface area contributed by atoms with Gasteiger partial charge in [-0.15, -0.1) is 10.2 Å². The topological polar surface area (TPSA) is 69.5 Å². The summed E-state index contributed by atoms with van der Waals surface area (Å²) in [4.78, 5) is 15.2. The van der Waals surface area contributed by atoms with E-state index < -0.39 is 0 Å². The molecule has 0 N–H and O–H groups in total. The van der Waals surface area contributed by atoms with Crippen LogP contribution < -0.4 is 9.47 Å². The third-order valence-electron chi connectivity index (χ3n) is 6.54. The van der Waals surface area contributed by atoms with E-state index in [1.807, 2.05) is 27.7 Å². The first kappa shape index (κ1) is 21.5. The second kappa shape index (κ2) is 8.94. The molecule has 2 aliphatic heterocycles. The summed E-state index contributed by atoms with van der Waals surface area (Å²) in [6, 6.07) is 12.9. The van der Waals surface area contributed by atoms with E-state index in [0.717, 1.165) is 49.3 Å². The molecule has 3 aromatic rings. The van der Waals surface area contributed by atoms with Crippen LogP contribution in [0.5, 0.6) is 11.5 Å². The summed E-state index contributed by atoms with van der Waals surface area (Å²) in [5.41, 5.74) is 1.52. The Kier molecular flexibility index (Phi) is 5.64. The Labute approximate surface area is 201 Å². The van der Waals surface area contributed by atoms with E-state index in [2.05, 4.69) is 10.2 Å². The number of likely N-dealkylation sites (tertiary alicyclic amines) is 1. The molecule has 2 fully saturated rings. The molecular weight excluding hydrogens is 455 g/mol. The van der Waals surface area contributed by atoms with Crippen molar-refractivity contribution in [2.45, 2.75) is 42.9 Å². The summed E-state index contributed by atoms with van der Waals surface area (Å²) < 4.78 is 27.8. The van der Waals surface area contributed by atoms with Crippen LogP contribution in [0.2, 0.25) is 0 Å². The van der Waals surface area contributed by atoms with Gasteiger partial charge >= 0.3 is 0 Å². The molecule has 7 nitrogen and oxygen atoms in total. The number of halogens is 1. The number of hydrogen-bond donors (Lipinski definition) is 0. The van der Waals surface area contributed by atoms with Gasteiger partial charge in [0, 0.05) is 12.6 Å². The molecule has 1 aliphatic carbocycles. The van der Waals surface area contributed by atoms with E-state index in [1.54, 1.807) is 18.2 Å². The molecule has 0 radical (unpaired) electrons. The van der Waals surface area contributed by atoms with E-state index in [0.29, 0.717) is 29.8 Å². The molecule has 1 saturated heterocycles. The molecule has 0 bridgehead atoms. The maximum Gasteiger partial charge on any atom is 0.233 e. The summed E-state index contributed by atoms with van der Waals surface area (Å²) in [6.07, 6.45) is 3.91. The lowest BCUT2D eigenvalue weighted by atomic mass is 10.0. The number of fused-ring (bicyclic) bond motifs is 1. The van der Waals surface area contributed by atoms with Crippen LogP contribution in [-0.2, 0) is 4.79 Å². The minimum absolute atomic E-state index is 0.0270. The monoisotopic (exact) mass is 480 g/mol. The zero-order valence-corrected chi connectivity index (χ0v) is 19.5. The van der Waals surface area contributed by atoms with Gasteiger partial charge in [0.25, 0.3) is 0 Å².